The Labute approximate surface area is 150 Å². The van der Waals surface area contributed by atoms with Crippen LogP contribution in [0, 0.1) is 17.0 Å². The van der Waals surface area contributed by atoms with Crippen LogP contribution in [0.5, 0.6) is 11.5 Å². The fourth-order valence-electron chi connectivity index (χ4n) is 2.14. The second kappa shape index (κ2) is 7.83. The molecule has 0 saturated carbocycles. The van der Waals surface area contributed by atoms with Gasteiger partial charge in [-0.3, -0.25) is 10.1 Å². The normalized spacial score (nSPS) is 11.3. The first-order valence-electron chi connectivity index (χ1n) is 7.30. The van der Waals surface area contributed by atoms with E-state index in [1.165, 1.54) is 38.5 Å². The van der Waals surface area contributed by atoms with Gasteiger partial charge in [-0.1, -0.05) is 6.07 Å². The van der Waals surface area contributed by atoms with Gasteiger partial charge in [0.2, 0.25) is 0 Å². The van der Waals surface area contributed by atoms with Gasteiger partial charge in [-0.25, -0.2) is 0 Å². The number of nitro benzene ring substituents is 1. The van der Waals surface area contributed by atoms with Crippen LogP contribution in [0.25, 0.3) is 0 Å². The number of ether oxygens (including phenoxy) is 2. The Morgan fingerprint density at radius 1 is 1.12 bits per heavy atom. The summed E-state index contributed by atoms with van der Waals surface area (Å²) in [6, 6.07) is 8.85. The summed E-state index contributed by atoms with van der Waals surface area (Å²) < 4.78 is 34.8. The summed E-state index contributed by atoms with van der Waals surface area (Å²) in [7, 11) is -1.28. The zero-order valence-electron chi connectivity index (χ0n) is 14.3. The summed E-state index contributed by atoms with van der Waals surface area (Å²) in [6.45, 7) is 1.75. The first kappa shape index (κ1) is 19.2. The highest BCUT2D eigenvalue weighted by atomic mass is 32.2. The number of rotatable bonds is 7. The largest absolute Gasteiger partial charge is 0.495 e. The molecule has 138 valence electrons. The summed E-state index contributed by atoms with van der Waals surface area (Å²) in [4.78, 5) is 12.4. The molecule has 0 atom stereocenters. The maximum Gasteiger partial charge on any atom is 0.311 e. The Kier molecular flexibility index (Phi) is 5.78. The van der Waals surface area contributed by atoms with Crippen LogP contribution in [0.1, 0.15) is 11.1 Å². The van der Waals surface area contributed by atoms with Crippen molar-refractivity contribution in [1.82, 2.24) is 4.83 Å². The minimum atomic E-state index is -3.97. The zero-order chi connectivity index (χ0) is 19.3. The van der Waals surface area contributed by atoms with Crippen LogP contribution < -0.4 is 14.3 Å². The smallest absolute Gasteiger partial charge is 0.311 e. The molecule has 0 radical (unpaired) electrons. The van der Waals surface area contributed by atoms with Crippen molar-refractivity contribution in [3.8, 4) is 11.5 Å². The molecule has 0 bridgehead atoms. The third-order valence-electron chi connectivity index (χ3n) is 3.39. The highest BCUT2D eigenvalue weighted by Crippen LogP contribution is 2.27. The lowest BCUT2D eigenvalue weighted by Gasteiger charge is -2.09. The fraction of sp³-hybridized carbons (Fsp3) is 0.188. The number of hydrazone groups is 1. The summed E-state index contributed by atoms with van der Waals surface area (Å²) in [6.07, 6.45) is 1.16. The Balaban J connectivity index is 2.26. The lowest BCUT2D eigenvalue weighted by atomic mass is 10.2. The van der Waals surface area contributed by atoms with Gasteiger partial charge in [0, 0.05) is 11.6 Å². The minimum Gasteiger partial charge on any atom is -0.495 e. The number of nitro groups is 1. The van der Waals surface area contributed by atoms with Gasteiger partial charge >= 0.3 is 5.69 Å². The van der Waals surface area contributed by atoms with Crippen molar-refractivity contribution >= 4 is 21.9 Å². The molecule has 0 spiro atoms. The van der Waals surface area contributed by atoms with Gasteiger partial charge in [0.15, 0.2) is 5.75 Å². The molecule has 0 heterocycles. The van der Waals surface area contributed by atoms with Crippen LogP contribution in [0.15, 0.2) is 46.4 Å². The molecule has 2 aromatic carbocycles. The van der Waals surface area contributed by atoms with Crippen molar-refractivity contribution in [3.63, 3.8) is 0 Å². The molecule has 0 amide bonds. The van der Waals surface area contributed by atoms with Gasteiger partial charge in [-0.2, -0.15) is 18.4 Å². The highest BCUT2D eigenvalue weighted by Gasteiger charge is 2.19. The van der Waals surface area contributed by atoms with E-state index in [0.717, 1.165) is 11.8 Å². The monoisotopic (exact) mass is 379 g/mol. The third kappa shape index (κ3) is 4.28. The molecule has 2 aromatic rings. The van der Waals surface area contributed by atoms with Crippen molar-refractivity contribution in [2.45, 2.75) is 11.8 Å². The number of hydrogen-bond acceptors (Lipinski definition) is 7. The summed E-state index contributed by atoms with van der Waals surface area (Å²) in [5.74, 6) is 0.274. The number of aryl methyl sites for hydroxylation is 1. The van der Waals surface area contributed by atoms with Crippen LogP contribution in [-0.4, -0.2) is 33.8 Å². The molecule has 2 rings (SSSR count). The van der Waals surface area contributed by atoms with Crippen LogP contribution in [0.4, 0.5) is 5.69 Å². The lowest BCUT2D eigenvalue weighted by molar-refractivity contribution is -0.385. The van der Waals surface area contributed by atoms with Crippen molar-refractivity contribution in [1.29, 1.82) is 0 Å². The van der Waals surface area contributed by atoms with E-state index in [2.05, 4.69) is 9.93 Å². The molecule has 26 heavy (non-hydrogen) atoms. The number of sulfonamides is 1. The summed E-state index contributed by atoms with van der Waals surface area (Å²) in [5.41, 5.74) is 0.817. The Bertz CT molecular complexity index is 956. The maximum atomic E-state index is 12.4. The van der Waals surface area contributed by atoms with E-state index in [1.54, 1.807) is 19.1 Å². The average molecular weight is 379 g/mol. The predicted molar refractivity (Wildman–Crippen MR) is 95.3 cm³/mol. The first-order chi connectivity index (χ1) is 12.3. The van der Waals surface area contributed by atoms with E-state index < -0.39 is 14.9 Å². The summed E-state index contributed by atoms with van der Waals surface area (Å²) >= 11 is 0. The molecule has 0 saturated heterocycles. The van der Waals surface area contributed by atoms with Crippen molar-refractivity contribution < 1.29 is 22.8 Å². The van der Waals surface area contributed by atoms with Crippen LogP contribution in [0.3, 0.4) is 0 Å². The zero-order valence-corrected chi connectivity index (χ0v) is 15.1. The van der Waals surface area contributed by atoms with Crippen molar-refractivity contribution in [2.24, 2.45) is 5.10 Å². The van der Waals surface area contributed by atoms with Crippen LogP contribution in [-0.2, 0) is 10.0 Å². The van der Waals surface area contributed by atoms with Gasteiger partial charge in [0.1, 0.15) is 10.6 Å². The van der Waals surface area contributed by atoms with Crippen LogP contribution >= 0.6 is 0 Å². The van der Waals surface area contributed by atoms with Gasteiger partial charge in [0.05, 0.1) is 25.4 Å². The maximum absolute atomic E-state index is 12.4. The van der Waals surface area contributed by atoms with E-state index in [-0.39, 0.29) is 22.1 Å². The molecule has 0 aliphatic carbocycles. The van der Waals surface area contributed by atoms with Crippen LogP contribution in [0.2, 0.25) is 0 Å². The van der Waals surface area contributed by atoms with Crippen molar-refractivity contribution in [3.05, 3.63) is 57.6 Å². The standard InChI is InChI=1S/C16H17N3O6S/c1-11-4-6-15(25-3)16(8-11)26(22,23)18-17-10-12-5-7-14(24-2)13(9-12)19(20)21/h4-10,18H,1-3H3/b17-10+. The molecule has 0 aliphatic heterocycles. The highest BCUT2D eigenvalue weighted by molar-refractivity contribution is 7.89. The van der Waals surface area contributed by atoms with E-state index in [9.17, 15) is 18.5 Å². The SMILES string of the molecule is COc1ccc(/C=N/NS(=O)(=O)c2cc(C)ccc2OC)cc1[N+](=O)[O-]. The van der Waals surface area contributed by atoms with Crippen molar-refractivity contribution in [2.75, 3.05) is 14.2 Å². The molecule has 0 aliphatic rings. The van der Waals surface area contributed by atoms with E-state index >= 15 is 0 Å². The van der Waals surface area contributed by atoms with Gasteiger partial charge in [-0.15, -0.1) is 0 Å². The number of methoxy groups -OCH3 is 2. The van der Waals surface area contributed by atoms with Gasteiger partial charge in [0.25, 0.3) is 10.0 Å². The Morgan fingerprint density at radius 2 is 1.77 bits per heavy atom. The predicted octanol–water partition coefficient (Wildman–Crippen LogP) is 2.23. The Morgan fingerprint density at radius 3 is 2.38 bits per heavy atom. The third-order valence-corrected chi connectivity index (χ3v) is 4.64. The molecule has 9 nitrogen and oxygen atoms in total. The van der Waals surface area contributed by atoms with E-state index in [0.29, 0.717) is 5.56 Å². The second-order valence-corrected chi connectivity index (χ2v) is 6.82. The minimum absolute atomic E-state index is 0.0575. The van der Waals surface area contributed by atoms with E-state index in [1.807, 2.05) is 0 Å². The topological polar surface area (TPSA) is 120 Å². The molecular formula is C16H17N3O6S. The van der Waals surface area contributed by atoms with E-state index in [4.69, 9.17) is 9.47 Å². The second-order valence-electron chi connectivity index (χ2n) is 5.20. The number of benzene rings is 2. The quantitative estimate of drug-likeness (QED) is 0.447. The molecule has 0 aromatic heterocycles. The molecular weight excluding hydrogens is 362 g/mol. The molecule has 1 N–H and O–H groups in total. The summed E-state index contributed by atoms with van der Waals surface area (Å²) in [5, 5.41) is 14.7. The molecule has 10 heteroatoms. The number of nitrogens with one attached hydrogen (secondary N) is 1. The average Bonchev–Trinajstić information content (AvgIpc) is 2.61. The van der Waals surface area contributed by atoms with Gasteiger partial charge in [-0.05, 0) is 36.8 Å². The number of nitrogens with zero attached hydrogens (tertiary/aromatic N) is 2. The van der Waals surface area contributed by atoms with Gasteiger partial charge < -0.3 is 9.47 Å². The first-order valence-corrected chi connectivity index (χ1v) is 8.78. The number of hydrogen-bond donors (Lipinski definition) is 1. The molecule has 0 fully saturated rings. The lowest BCUT2D eigenvalue weighted by Crippen LogP contribution is -2.19. The molecule has 0 unspecified atom stereocenters. The fourth-order valence-corrected chi connectivity index (χ4v) is 3.19. The Hall–Kier alpha value is -3.14.